The average molecular weight is 263 g/mol. The summed E-state index contributed by atoms with van der Waals surface area (Å²) in [6.45, 7) is 6.49. The molecule has 1 aliphatic heterocycles. The van der Waals surface area contributed by atoms with E-state index < -0.39 is 0 Å². The summed E-state index contributed by atoms with van der Waals surface area (Å²) < 4.78 is 0. The molecule has 0 atom stereocenters. The Morgan fingerprint density at radius 1 is 1.21 bits per heavy atom. The minimum Gasteiger partial charge on any atom is -0.369 e. The molecule has 0 unspecified atom stereocenters. The van der Waals surface area contributed by atoms with Gasteiger partial charge in [0.05, 0.1) is 12.4 Å². The van der Waals surface area contributed by atoms with E-state index in [0.717, 1.165) is 37.1 Å². The topological polar surface area (TPSA) is 53.1 Å². The molecular weight excluding hydrogens is 238 g/mol. The van der Waals surface area contributed by atoms with Crippen LogP contribution in [0.15, 0.2) is 12.4 Å². The van der Waals surface area contributed by atoms with E-state index in [0.29, 0.717) is 0 Å². The lowest BCUT2D eigenvalue weighted by atomic mass is 9.97. The summed E-state index contributed by atoms with van der Waals surface area (Å²) in [5.74, 6) is 2.49. The Bertz CT molecular complexity index is 374. The third-order valence-electron chi connectivity index (χ3n) is 3.60. The molecule has 1 aromatic rings. The Morgan fingerprint density at radius 3 is 2.58 bits per heavy atom. The fraction of sp³-hybridized carbons (Fsp3) is 0.714. The van der Waals surface area contributed by atoms with Crippen molar-refractivity contribution < 1.29 is 0 Å². The fourth-order valence-corrected chi connectivity index (χ4v) is 2.30. The number of hydrogen-bond donors (Lipinski definition) is 2. The molecule has 0 saturated carbocycles. The second-order valence-corrected chi connectivity index (χ2v) is 5.34. The third-order valence-corrected chi connectivity index (χ3v) is 3.60. The summed E-state index contributed by atoms with van der Waals surface area (Å²) in [6, 6.07) is 0. The standard InChI is InChI=1S/C14H25N5/c1-3-6-16-13-10-15-11-14(18-13)17-9-12-4-7-19(2)8-5-12/h10-12H,3-9H2,1-2H3,(H2,16,17,18). The molecule has 106 valence electrons. The number of likely N-dealkylation sites (tertiary alicyclic amines) is 1. The molecule has 1 fully saturated rings. The lowest BCUT2D eigenvalue weighted by molar-refractivity contribution is 0.226. The Balaban J connectivity index is 1.78. The van der Waals surface area contributed by atoms with Gasteiger partial charge >= 0.3 is 0 Å². The van der Waals surface area contributed by atoms with Crippen molar-refractivity contribution in [1.29, 1.82) is 0 Å². The van der Waals surface area contributed by atoms with Crippen LogP contribution in [0, 0.1) is 5.92 Å². The zero-order valence-corrected chi connectivity index (χ0v) is 12.0. The first kappa shape index (κ1) is 14.1. The molecule has 1 aromatic heterocycles. The van der Waals surface area contributed by atoms with Gasteiger partial charge in [0.1, 0.15) is 11.6 Å². The first-order valence-corrected chi connectivity index (χ1v) is 7.26. The van der Waals surface area contributed by atoms with Crippen LogP contribution in [0.3, 0.4) is 0 Å². The summed E-state index contributed by atoms with van der Waals surface area (Å²) in [7, 11) is 2.19. The summed E-state index contributed by atoms with van der Waals surface area (Å²) >= 11 is 0. The second-order valence-electron chi connectivity index (χ2n) is 5.34. The first-order chi connectivity index (χ1) is 9.28. The molecule has 0 bridgehead atoms. The van der Waals surface area contributed by atoms with E-state index in [4.69, 9.17) is 0 Å². The molecule has 0 spiro atoms. The highest BCUT2D eigenvalue weighted by Gasteiger charge is 2.16. The molecule has 1 aliphatic rings. The average Bonchev–Trinajstić information content (AvgIpc) is 2.45. The van der Waals surface area contributed by atoms with Crippen LogP contribution in [-0.4, -0.2) is 48.1 Å². The molecular formula is C14H25N5. The van der Waals surface area contributed by atoms with Crippen molar-refractivity contribution >= 4 is 11.6 Å². The lowest BCUT2D eigenvalue weighted by Gasteiger charge is -2.29. The molecule has 0 radical (unpaired) electrons. The fourth-order valence-electron chi connectivity index (χ4n) is 2.30. The van der Waals surface area contributed by atoms with Crippen LogP contribution in [0.25, 0.3) is 0 Å². The van der Waals surface area contributed by atoms with Crippen molar-refractivity contribution in [3.63, 3.8) is 0 Å². The maximum atomic E-state index is 4.51. The van der Waals surface area contributed by atoms with Crippen molar-refractivity contribution in [3.05, 3.63) is 12.4 Å². The van der Waals surface area contributed by atoms with Crippen molar-refractivity contribution in [2.45, 2.75) is 26.2 Å². The normalized spacial score (nSPS) is 17.4. The zero-order chi connectivity index (χ0) is 13.5. The van der Waals surface area contributed by atoms with Crippen molar-refractivity contribution in [2.75, 3.05) is 43.9 Å². The van der Waals surface area contributed by atoms with Gasteiger partial charge in [-0.3, -0.25) is 4.98 Å². The number of hydrogen-bond acceptors (Lipinski definition) is 5. The van der Waals surface area contributed by atoms with Gasteiger partial charge in [-0.05, 0) is 45.3 Å². The SMILES string of the molecule is CCCNc1cncc(NCC2CCN(C)CC2)n1. The van der Waals surface area contributed by atoms with E-state index in [1.165, 1.54) is 25.9 Å². The predicted molar refractivity (Wildman–Crippen MR) is 79.5 cm³/mol. The molecule has 2 heterocycles. The van der Waals surface area contributed by atoms with Gasteiger partial charge in [-0.25, -0.2) is 4.98 Å². The number of nitrogens with zero attached hydrogens (tertiary/aromatic N) is 3. The van der Waals surface area contributed by atoms with Gasteiger partial charge in [-0.1, -0.05) is 6.92 Å². The molecule has 2 N–H and O–H groups in total. The Labute approximate surface area is 115 Å². The Hall–Kier alpha value is -1.36. The second kappa shape index (κ2) is 7.28. The van der Waals surface area contributed by atoms with Gasteiger partial charge in [0, 0.05) is 13.1 Å². The molecule has 2 rings (SSSR count). The summed E-state index contributed by atoms with van der Waals surface area (Å²) in [5.41, 5.74) is 0. The zero-order valence-electron chi connectivity index (χ0n) is 12.0. The van der Waals surface area contributed by atoms with Crippen LogP contribution in [0.4, 0.5) is 11.6 Å². The van der Waals surface area contributed by atoms with E-state index in [1.54, 1.807) is 12.4 Å². The largest absolute Gasteiger partial charge is 0.369 e. The highest BCUT2D eigenvalue weighted by molar-refractivity contribution is 5.41. The Kier molecular flexibility index (Phi) is 5.39. The number of rotatable bonds is 6. The molecule has 19 heavy (non-hydrogen) atoms. The number of piperidine rings is 1. The van der Waals surface area contributed by atoms with Crippen LogP contribution in [0.1, 0.15) is 26.2 Å². The first-order valence-electron chi connectivity index (χ1n) is 7.26. The molecule has 5 nitrogen and oxygen atoms in total. The van der Waals surface area contributed by atoms with E-state index >= 15 is 0 Å². The minimum absolute atomic E-state index is 0.755. The number of aromatic nitrogens is 2. The lowest BCUT2D eigenvalue weighted by Crippen LogP contribution is -2.33. The number of anilines is 2. The summed E-state index contributed by atoms with van der Waals surface area (Å²) in [4.78, 5) is 11.1. The van der Waals surface area contributed by atoms with Crippen molar-refractivity contribution in [1.82, 2.24) is 14.9 Å². The van der Waals surface area contributed by atoms with E-state index in [1.807, 2.05) is 0 Å². The highest BCUT2D eigenvalue weighted by Crippen LogP contribution is 2.16. The molecule has 0 amide bonds. The van der Waals surface area contributed by atoms with Gasteiger partial charge < -0.3 is 15.5 Å². The smallest absolute Gasteiger partial charge is 0.146 e. The highest BCUT2D eigenvalue weighted by atomic mass is 15.1. The van der Waals surface area contributed by atoms with Crippen LogP contribution in [0.2, 0.25) is 0 Å². The maximum absolute atomic E-state index is 4.51. The van der Waals surface area contributed by atoms with Crippen molar-refractivity contribution in [2.24, 2.45) is 5.92 Å². The van der Waals surface area contributed by atoms with E-state index in [-0.39, 0.29) is 0 Å². The summed E-state index contributed by atoms with van der Waals surface area (Å²) in [5, 5.41) is 6.67. The molecule has 5 heteroatoms. The summed E-state index contributed by atoms with van der Waals surface area (Å²) in [6.07, 6.45) is 7.20. The van der Waals surface area contributed by atoms with Gasteiger partial charge in [-0.15, -0.1) is 0 Å². The quantitative estimate of drug-likeness (QED) is 0.822. The maximum Gasteiger partial charge on any atom is 0.146 e. The van der Waals surface area contributed by atoms with E-state index in [2.05, 4.69) is 39.5 Å². The molecule has 1 saturated heterocycles. The van der Waals surface area contributed by atoms with Gasteiger partial charge in [0.25, 0.3) is 0 Å². The predicted octanol–water partition coefficient (Wildman–Crippen LogP) is 2.05. The van der Waals surface area contributed by atoms with Gasteiger partial charge in [0.2, 0.25) is 0 Å². The molecule has 0 aromatic carbocycles. The van der Waals surface area contributed by atoms with Crippen LogP contribution in [-0.2, 0) is 0 Å². The van der Waals surface area contributed by atoms with Gasteiger partial charge in [0.15, 0.2) is 0 Å². The Morgan fingerprint density at radius 2 is 1.89 bits per heavy atom. The number of nitrogens with one attached hydrogen (secondary N) is 2. The van der Waals surface area contributed by atoms with Crippen LogP contribution in [0.5, 0.6) is 0 Å². The van der Waals surface area contributed by atoms with Gasteiger partial charge in [-0.2, -0.15) is 0 Å². The van der Waals surface area contributed by atoms with Crippen LogP contribution < -0.4 is 10.6 Å². The minimum atomic E-state index is 0.755. The molecule has 0 aliphatic carbocycles. The van der Waals surface area contributed by atoms with E-state index in [9.17, 15) is 0 Å². The van der Waals surface area contributed by atoms with Crippen molar-refractivity contribution in [3.8, 4) is 0 Å². The monoisotopic (exact) mass is 263 g/mol. The third kappa shape index (κ3) is 4.67. The van der Waals surface area contributed by atoms with Crippen LogP contribution >= 0.6 is 0 Å².